The summed E-state index contributed by atoms with van der Waals surface area (Å²) in [6, 6.07) is 12.0. The summed E-state index contributed by atoms with van der Waals surface area (Å²) >= 11 is 0. The number of unbranched alkanes of at least 4 members (excludes halogenated alkanes) is 2. The first-order valence-corrected chi connectivity index (χ1v) is 27.5. The Morgan fingerprint density at radius 2 is 0.895 bits per heavy atom. The van der Waals surface area contributed by atoms with Gasteiger partial charge in [-0.25, -0.2) is 24.0 Å². The monoisotopic (exact) mass is 1060 g/mol. The van der Waals surface area contributed by atoms with Gasteiger partial charge in [-0.2, -0.15) is 0 Å². The van der Waals surface area contributed by atoms with E-state index in [0.29, 0.717) is 45.2 Å². The fourth-order valence-electron chi connectivity index (χ4n) is 8.92. The molecule has 0 radical (unpaired) electrons. The Balaban J connectivity index is 1.23. The Morgan fingerprint density at radius 3 is 1.36 bits per heavy atom. The second kappa shape index (κ2) is 33.3. The molecule has 0 aliphatic heterocycles. The van der Waals surface area contributed by atoms with Gasteiger partial charge in [0.15, 0.2) is 0 Å². The minimum Gasteiger partial charge on any atom is -0.361 e. The number of hydrogen-bond acceptors (Lipinski definition) is 8. The van der Waals surface area contributed by atoms with E-state index in [1.165, 1.54) is 0 Å². The molecule has 0 aliphatic rings. The van der Waals surface area contributed by atoms with Crippen molar-refractivity contribution >= 4 is 57.9 Å². The molecule has 2 aromatic heterocycles. The standard InChI is InChI=1S/C55H91N15O6/c1-8-40(27-38-29-58-46-21-11-9-19-44(38)46)65-51(72)60-31-42(17-13-15-25-56)67-53(74)63-34-49(36(4)5)70-54(75)61-32-43(18-14-16-26-57)68-52(73)62-33-48(35(2)3)69-50(71)24-23-41(66-55(76)64-37(6)7)28-39-30-59-47-22-12-10-20-45(39)47/h9-12,19-22,29-30,35-37,40-43,48-49,58-59H,8,13-18,23-28,31-34,56-57H2,1-7H3,(H,69,71)(H2,60,65,72)(H2,61,70,75)(H2,62,68,73)(H2,63,67,74)(H2,64,66,76)/t40-,41-,42+,43+,48-,49-/m1/s1. The summed E-state index contributed by atoms with van der Waals surface area (Å²) in [5.41, 5.74) is 15.8. The van der Waals surface area contributed by atoms with E-state index in [1.54, 1.807) is 0 Å². The SMILES string of the molecule is CC[C@H](Cc1c[nH]c2ccccc12)NC(=O)NC[C@H](CCCCN)NC(=O)NC[C@@H](NC(=O)NC[C@H](CCCCN)NC(=O)NC[C@@H](NC(=O)CC[C@H](Cc1c[nH]c2ccccc12)NC(=O)NC(C)C)C(C)C)C(C)C. The average Bonchev–Trinajstić information content (AvgIpc) is 3.99. The fraction of sp³-hybridized carbons (Fsp3) is 0.600. The molecule has 76 heavy (non-hydrogen) atoms. The van der Waals surface area contributed by atoms with Crippen LogP contribution in [-0.4, -0.2) is 128 Å². The van der Waals surface area contributed by atoms with E-state index < -0.39 is 30.2 Å². The molecule has 0 saturated heterocycles. The molecule has 0 spiro atoms. The van der Waals surface area contributed by atoms with Crippen LogP contribution in [0.5, 0.6) is 0 Å². The van der Waals surface area contributed by atoms with Crippen LogP contribution >= 0.6 is 0 Å². The Morgan fingerprint density at radius 1 is 0.474 bits per heavy atom. The second-order valence-electron chi connectivity index (χ2n) is 20.9. The van der Waals surface area contributed by atoms with E-state index in [4.69, 9.17) is 11.5 Å². The van der Waals surface area contributed by atoms with Gasteiger partial charge in [-0.05, 0) is 113 Å². The van der Waals surface area contributed by atoms with Crippen LogP contribution in [-0.2, 0) is 17.6 Å². The number of amides is 11. The van der Waals surface area contributed by atoms with E-state index >= 15 is 0 Å². The highest BCUT2D eigenvalue weighted by molar-refractivity contribution is 5.84. The molecule has 2 aromatic carbocycles. The maximum Gasteiger partial charge on any atom is 0.315 e. The highest BCUT2D eigenvalue weighted by Gasteiger charge is 2.24. The number of nitrogens with two attached hydrogens (primary N) is 2. The number of H-pyrrole nitrogens is 2. The van der Waals surface area contributed by atoms with Crippen molar-refractivity contribution in [1.82, 2.24) is 68.5 Å². The van der Waals surface area contributed by atoms with Crippen molar-refractivity contribution in [2.45, 2.75) is 161 Å². The van der Waals surface area contributed by atoms with Crippen LogP contribution in [0.2, 0.25) is 0 Å². The maximum absolute atomic E-state index is 13.4. The molecule has 0 unspecified atom stereocenters. The van der Waals surface area contributed by atoms with Crippen LogP contribution in [0.4, 0.5) is 24.0 Å². The predicted molar refractivity (Wildman–Crippen MR) is 303 cm³/mol. The van der Waals surface area contributed by atoms with Crippen LogP contribution in [0, 0.1) is 11.8 Å². The summed E-state index contributed by atoms with van der Waals surface area (Å²) in [7, 11) is 0. The molecule has 6 atom stereocenters. The second-order valence-corrected chi connectivity index (χ2v) is 20.9. The van der Waals surface area contributed by atoms with Crippen molar-refractivity contribution in [1.29, 1.82) is 0 Å². The zero-order chi connectivity index (χ0) is 55.4. The van der Waals surface area contributed by atoms with Gasteiger partial charge in [0.1, 0.15) is 0 Å². The quantitative estimate of drug-likeness (QED) is 0.0272. The number of aromatic nitrogens is 2. The summed E-state index contributed by atoms with van der Waals surface area (Å²) in [5, 5.41) is 34.9. The van der Waals surface area contributed by atoms with Crippen molar-refractivity contribution in [3.63, 3.8) is 0 Å². The minimum absolute atomic E-state index is 0.0129. The molecular formula is C55H91N15O6. The van der Waals surface area contributed by atoms with Gasteiger partial charge in [0.25, 0.3) is 0 Å². The summed E-state index contributed by atoms with van der Waals surface area (Å²) in [6.07, 6.45) is 10.6. The highest BCUT2D eigenvalue weighted by atomic mass is 16.2. The summed E-state index contributed by atoms with van der Waals surface area (Å²) in [6.45, 7) is 15.2. The number of benzene rings is 2. The number of rotatable bonds is 33. The summed E-state index contributed by atoms with van der Waals surface area (Å²) in [4.78, 5) is 85.8. The van der Waals surface area contributed by atoms with Gasteiger partial charge in [0, 0.05) is 103 Å². The van der Waals surface area contributed by atoms with Crippen molar-refractivity contribution < 1.29 is 28.8 Å². The molecule has 4 aromatic rings. The van der Waals surface area contributed by atoms with E-state index in [-0.39, 0.29) is 92.6 Å². The Labute approximate surface area is 449 Å². The van der Waals surface area contributed by atoms with Gasteiger partial charge < -0.3 is 79.9 Å². The lowest BCUT2D eigenvalue weighted by Crippen LogP contribution is -2.55. The third kappa shape index (κ3) is 22.6. The normalized spacial score (nSPS) is 13.8. The fourth-order valence-corrected chi connectivity index (χ4v) is 8.92. The van der Waals surface area contributed by atoms with Crippen LogP contribution in [0.1, 0.15) is 117 Å². The Bertz CT molecular complexity index is 2390. The number of fused-ring (bicyclic) bond motifs is 2. The van der Waals surface area contributed by atoms with Crippen LogP contribution < -0.4 is 70.0 Å². The van der Waals surface area contributed by atoms with Gasteiger partial charge in [0.05, 0.1) is 6.04 Å². The van der Waals surface area contributed by atoms with Crippen molar-refractivity contribution in [3.05, 3.63) is 72.1 Å². The zero-order valence-electron chi connectivity index (χ0n) is 46.1. The number of carbonyl (C=O) groups excluding carboxylic acids is 6. The molecule has 0 bridgehead atoms. The summed E-state index contributed by atoms with van der Waals surface area (Å²) in [5.74, 6) is -0.261. The van der Waals surface area contributed by atoms with Gasteiger partial charge in [0.2, 0.25) is 5.91 Å². The topological polar surface area (TPSA) is 318 Å². The summed E-state index contributed by atoms with van der Waals surface area (Å²) < 4.78 is 0. The van der Waals surface area contributed by atoms with Crippen molar-refractivity contribution in [2.75, 3.05) is 39.3 Å². The zero-order valence-corrected chi connectivity index (χ0v) is 46.1. The molecule has 422 valence electrons. The number of hydrogen-bond donors (Lipinski definition) is 15. The first-order chi connectivity index (χ1) is 36.5. The number of carbonyl (C=O) groups is 6. The Kier molecular flexibility index (Phi) is 27.1. The molecule has 4 rings (SSSR count). The van der Waals surface area contributed by atoms with E-state index in [1.807, 2.05) is 103 Å². The van der Waals surface area contributed by atoms with Gasteiger partial charge in [-0.3, -0.25) is 4.79 Å². The van der Waals surface area contributed by atoms with Crippen molar-refractivity contribution in [2.24, 2.45) is 23.3 Å². The molecular weight excluding hydrogens is 967 g/mol. The molecule has 11 amide bonds. The van der Waals surface area contributed by atoms with Gasteiger partial charge >= 0.3 is 30.2 Å². The molecule has 0 fully saturated rings. The maximum atomic E-state index is 13.4. The third-order valence-corrected chi connectivity index (χ3v) is 13.5. The van der Waals surface area contributed by atoms with Crippen LogP contribution in [0.25, 0.3) is 21.8 Å². The number of para-hydroxylation sites is 2. The van der Waals surface area contributed by atoms with Crippen LogP contribution in [0.3, 0.4) is 0 Å². The molecule has 0 aliphatic carbocycles. The van der Waals surface area contributed by atoms with E-state index in [0.717, 1.165) is 65.0 Å². The molecule has 21 nitrogen and oxygen atoms in total. The van der Waals surface area contributed by atoms with Crippen LogP contribution in [0.15, 0.2) is 60.9 Å². The third-order valence-electron chi connectivity index (χ3n) is 13.5. The molecule has 0 saturated carbocycles. The largest absolute Gasteiger partial charge is 0.361 e. The molecule has 17 N–H and O–H groups in total. The highest BCUT2D eigenvalue weighted by Crippen LogP contribution is 2.21. The molecule has 21 heteroatoms. The minimum atomic E-state index is -0.459. The number of urea groups is 5. The van der Waals surface area contributed by atoms with Gasteiger partial charge in [-0.15, -0.1) is 0 Å². The average molecular weight is 1060 g/mol. The lowest BCUT2D eigenvalue weighted by molar-refractivity contribution is -0.122. The number of aromatic amines is 2. The smallest absolute Gasteiger partial charge is 0.315 e. The van der Waals surface area contributed by atoms with E-state index in [9.17, 15) is 28.8 Å². The Hall–Kier alpha value is -6.74. The number of nitrogens with one attached hydrogen (secondary N) is 13. The predicted octanol–water partition coefficient (Wildman–Crippen LogP) is 5.43. The van der Waals surface area contributed by atoms with E-state index in [2.05, 4.69) is 74.5 Å². The first kappa shape index (κ1) is 61.8. The van der Waals surface area contributed by atoms with Crippen molar-refractivity contribution in [3.8, 4) is 0 Å². The van der Waals surface area contributed by atoms with Gasteiger partial charge in [-0.1, -0.05) is 83.9 Å². The first-order valence-electron chi connectivity index (χ1n) is 27.5. The molecule has 2 heterocycles. The lowest BCUT2D eigenvalue weighted by Gasteiger charge is -2.26. The lowest BCUT2D eigenvalue weighted by atomic mass is 10.00.